The number of nitrogens with zero attached hydrogens (tertiary/aromatic N) is 2. The molecule has 2 atom stereocenters. The van der Waals surface area contributed by atoms with Gasteiger partial charge >= 0.3 is 0 Å². The summed E-state index contributed by atoms with van der Waals surface area (Å²) in [7, 11) is 1.98. The second-order valence-electron chi connectivity index (χ2n) is 6.21. The zero-order chi connectivity index (χ0) is 16.4. The van der Waals surface area contributed by atoms with E-state index in [4.69, 9.17) is 14.3 Å². The maximum absolute atomic E-state index is 9.03. The molecule has 6 nitrogen and oxygen atoms in total. The van der Waals surface area contributed by atoms with E-state index in [0.717, 1.165) is 31.0 Å². The molecule has 3 rings (SSSR count). The molecule has 2 aromatic rings. The van der Waals surface area contributed by atoms with Crippen LogP contribution in [0.2, 0.25) is 0 Å². The monoisotopic (exact) mass is 319 g/mol. The fourth-order valence-corrected chi connectivity index (χ4v) is 3.35. The van der Waals surface area contributed by atoms with Crippen LogP contribution in [0.4, 0.5) is 0 Å². The Morgan fingerprint density at radius 2 is 2.13 bits per heavy atom. The van der Waals surface area contributed by atoms with Crippen molar-refractivity contribution in [3.05, 3.63) is 40.6 Å². The number of nitrogens with one attached hydrogen (secondary N) is 1. The number of aliphatic hydroxyl groups is 1. The maximum atomic E-state index is 9.03. The number of aliphatic hydroxyl groups excluding tert-OH is 1. The predicted octanol–water partition coefficient (Wildman–Crippen LogP) is 1.99. The van der Waals surface area contributed by atoms with Gasteiger partial charge in [0.1, 0.15) is 18.1 Å². The van der Waals surface area contributed by atoms with Crippen LogP contribution in [0.5, 0.6) is 0 Å². The molecular weight excluding hydrogens is 294 g/mol. The Hall–Kier alpha value is -1.63. The molecule has 1 aliphatic heterocycles. The zero-order valence-corrected chi connectivity index (χ0v) is 14.0. The molecule has 2 aromatic heterocycles. The van der Waals surface area contributed by atoms with Crippen molar-refractivity contribution in [2.75, 3.05) is 13.2 Å². The number of aryl methyl sites for hydroxylation is 2. The maximum Gasteiger partial charge on any atom is 0.129 e. The highest BCUT2D eigenvalue weighted by atomic mass is 16.5. The lowest BCUT2D eigenvalue weighted by molar-refractivity contribution is 0.0892. The van der Waals surface area contributed by atoms with Gasteiger partial charge in [0.05, 0.1) is 18.3 Å². The lowest BCUT2D eigenvalue weighted by Crippen LogP contribution is -2.25. The van der Waals surface area contributed by atoms with Crippen molar-refractivity contribution in [3.63, 3.8) is 0 Å². The number of furan rings is 1. The van der Waals surface area contributed by atoms with Crippen molar-refractivity contribution in [1.29, 1.82) is 0 Å². The van der Waals surface area contributed by atoms with Crippen LogP contribution in [-0.2, 0) is 24.9 Å². The molecule has 23 heavy (non-hydrogen) atoms. The zero-order valence-electron chi connectivity index (χ0n) is 14.0. The number of ether oxygens (including phenoxy) is 1. The first-order chi connectivity index (χ1) is 11.1. The first-order valence-corrected chi connectivity index (χ1v) is 8.11. The van der Waals surface area contributed by atoms with Crippen molar-refractivity contribution in [2.45, 2.75) is 39.5 Å². The van der Waals surface area contributed by atoms with Gasteiger partial charge in [-0.1, -0.05) is 0 Å². The van der Waals surface area contributed by atoms with Gasteiger partial charge in [-0.15, -0.1) is 0 Å². The first-order valence-electron chi connectivity index (χ1n) is 8.11. The minimum absolute atomic E-state index is 0.0574. The molecule has 2 N–H and O–H groups in total. The highest BCUT2D eigenvalue weighted by Gasteiger charge is 2.33. The van der Waals surface area contributed by atoms with Crippen LogP contribution in [0.15, 0.2) is 16.5 Å². The Labute approximate surface area is 136 Å². The molecule has 0 unspecified atom stereocenters. The van der Waals surface area contributed by atoms with E-state index in [0.29, 0.717) is 18.2 Å². The molecular formula is C17H25N3O3. The Bertz CT molecular complexity index is 662. The summed E-state index contributed by atoms with van der Waals surface area (Å²) in [6.45, 7) is 6.41. The smallest absolute Gasteiger partial charge is 0.129 e. The third-order valence-corrected chi connectivity index (χ3v) is 4.64. The standard InChI is InChI=1S/C17H25N3O3/c1-11-16(12(2)20(3)19-11)17-13(6-7-22-17)8-18-9-14-4-5-15(10-21)23-14/h4-5,13,17-18,21H,6-10H2,1-3H3/t13-,17-/m0/s1. The molecule has 3 heterocycles. The first kappa shape index (κ1) is 16.2. The summed E-state index contributed by atoms with van der Waals surface area (Å²) in [6, 6.07) is 3.71. The van der Waals surface area contributed by atoms with Gasteiger partial charge < -0.3 is 19.6 Å². The van der Waals surface area contributed by atoms with Gasteiger partial charge in [-0.2, -0.15) is 5.10 Å². The van der Waals surface area contributed by atoms with Crippen molar-refractivity contribution in [3.8, 4) is 0 Å². The van der Waals surface area contributed by atoms with E-state index in [-0.39, 0.29) is 12.7 Å². The molecule has 0 aromatic carbocycles. The third kappa shape index (κ3) is 3.34. The number of hydrogen-bond acceptors (Lipinski definition) is 5. The van der Waals surface area contributed by atoms with Gasteiger partial charge in [-0.25, -0.2) is 0 Å². The van der Waals surface area contributed by atoms with Crippen LogP contribution in [-0.4, -0.2) is 28.0 Å². The third-order valence-electron chi connectivity index (χ3n) is 4.64. The van der Waals surface area contributed by atoms with E-state index in [9.17, 15) is 0 Å². The summed E-state index contributed by atoms with van der Waals surface area (Å²) < 4.78 is 13.4. The quantitative estimate of drug-likeness (QED) is 0.852. The number of hydrogen-bond donors (Lipinski definition) is 2. The average molecular weight is 319 g/mol. The van der Waals surface area contributed by atoms with E-state index >= 15 is 0 Å². The Kier molecular flexibility index (Phi) is 4.84. The molecule has 0 aliphatic carbocycles. The second kappa shape index (κ2) is 6.86. The summed E-state index contributed by atoms with van der Waals surface area (Å²) in [5.41, 5.74) is 3.47. The molecule has 6 heteroatoms. The van der Waals surface area contributed by atoms with Gasteiger partial charge in [-0.05, 0) is 32.4 Å². The lowest BCUT2D eigenvalue weighted by Gasteiger charge is -2.19. The summed E-state index contributed by atoms with van der Waals surface area (Å²) in [5, 5.41) is 17.0. The second-order valence-corrected chi connectivity index (χ2v) is 6.21. The molecule has 1 saturated heterocycles. The molecule has 126 valence electrons. The van der Waals surface area contributed by atoms with Crippen molar-refractivity contribution in [1.82, 2.24) is 15.1 Å². The fraction of sp³-hybridized carbons (Fsp3) is 0.588. The molecule has 1 fully saturated rings. The Morgan fingerprint density at radius 3 is 2.78 bits per heavy atom. The van der Waals surface area contributed by atoms with Crippen LogP contribution in [0.25, 0.3) is 0 Å². The van der Waals surface area contributed by atoms with Gasteiger partial charge in [-0.3, -0.25) is 4.68 Å². The molecule has 0 radical (unpaired) electrons. The van der Waals surface area contributed by atoms with E-state index in [1.807, 2.05) is 24.7 Å². The topological polar surface area (TPSA) is 72.5 Å². The Morgan fingerprint density at radius 1 is 1.35 bits per heavy atom. The van der Waals surface area contributed by atoms with Crippen LogP contribution in [0.3, 0.4) is 0 Å². The minimum Gasteiger partial charge on any atom is -0.462 e. The summed E-state index contributed by atoms with van der Waals surface area (Å²) >= 11 is 0. The van der Waals surface area contributed by atoms with Gasteiger partial charge in [0.25, 0.3) is 0 Å². The normalized spacial score (nSPS) is 21.2. The van der Waals surface area contributed by atoms with Gasteiger partial charge in [0.2, 0.25) is 0 Å². The number of rotatable bonds is 6. The van der Waals surface area contributed by atoms with E-state index in [2.05, 4.69) is 17.3 Å². The van der Waals surface area contributed by atoms with Crippen LogP contribution in [0.1, 0.15) is 41.0 Å². The highest BCUT2D eigenvalue weighted by Crippen LogP contribution is 2.37. The van der Waals surface area contributed by atoms with Crippen molar-refractivity contribution in [2.24, 2.45) is 13.0 Å². The predicted molar refractivity (Wildman–Crippen MR) is 85.8 cm³/mol. The number of aromatic nitrogens is 2. The highest BCUT2D eigenvalue weighted by molar-refractivity contribution is 5.28. The van der Waals surface area contributed by atoms with Crippen LogP contribution >= 0.6 is 0 Å². The summed E-state index contributed by atoms with van der Waals surface area (Å²) in [6.07, 6.45) is 1.16. The molecule has 0 bridgehead atoms. The molecule has 1 aliphatic rings. The molecule has 0 saturated carbocycles. The molecule has 0 spiro atoms. The Balaban J connectivity index is 1.61. The SMILES string of the molecule is Cc1nn(C)c(C)c1[C@H]1OCC[C@H]1CNCc1ccc(CO)o1. The van der Waals surface area contributed by atoms with Crippen molar-refractivity contribution < 1.29 is 14.3 Å². The van der Waals surface area contributed by atoms with Gasteiger partial charge in [0.15, 0.2) is 0 Å². The minimum atomic E-state index is -0.0574. The van der Waals surface area contributed by atoms with Crippen molar-refractivity contribution >= 4 is 0 Å². The molecule has 0 amide bonds. The summed E-state index contributed by atoms with van der Waals surface area (Å²) in [5.74, 6) is 1.88. The van der Waals surface area contributed by atoms with Gasteiger partial charge in [0, 0.05) is 37.4 Å². The van der Waals surface area contributed by atoms with Crippen LogP contribution < -0.4 is 5.32 Å². The van der Waals surface area contributed by atoms with E-state index in [1.54, 1.807) is 6.07 Å². The van der Waals surface area contributed by atoms with Crippen LogP contribution in [0, 0.1) is 19.8 Å². The van der Waals surface area contributed by atoms with E-state index in [1.165, 1.54) is 11.3 Å². The van der Waals surface area contributed by atoms with E-state index < -0.39 is 0 Å². The summed E-state index contributed by atoms with van der Waals surface area (Å²) in [4.78, 5) is 0. The fourth-order valence-electron chi connectivity index (χ4n) is 3.35. The lowest BCUT2D eigenvalue weighted by atomic mass is 9.94. The average Bonchev–Trinajstić information content (AvgIpc) is 3.21. The largest absolute Gasteiger partial charge is 0.462 e.